The number of carbonyl (C=O) groups excluding carboxylic acids is 1. The SMILES string of the molecule is CCC(CC)n1ccc(CC(=O)C(C)N)n1. The van der Waals surface area contributed by atoms with E-state index in [1.807, 2.05) is 16.9 Å². The minimum atomic E-state index is -0.404. The van der Waals surface area contributed by atoms with Crippen molar-refractivity contribution in [1.82, 2.24) is 9.78 Å². The van der Waals surface area contributed by atoms with Gasteiger partial charge in [0.2, 0.25) is 0 Å². The van der Waals surface area contributed by atoms with Crippen LogP contribution in [0, 0.1) is 0 Å². The molecule has 1 rings (SSSR count). The van der Waals surface area contributed by atoms with Crippen LogP contribution < -0.4 is 5.73 Å². The third-order valence-corrected chi connectivity index (χ3v) is 2.84. The maximum absolute atomic E-state index is 11.5. The van der Waals surface area contributed by atoms with E-state index in [-0.39, 0.29) is 5.78 Å². The first-order chi connectivity index (χ1) is 7.58. The highest BCUT2D eigenvalue weighted by atomic mass is 16.1. The summed E-state index contributed by atoms with van der Waals surface area (Å²) in [6.07, 6.45) is 4.39. The van der Waals surface area contributed by atoms with Gasteiger partial charge in [0, 0.05) is 6.20 Å². The van der Waals surface area contributed by atoms with Gasteiger partial charge < -0.3 is 5.73 Å². The molecule has 1 unspecified atom stereocenters. The topological polar surface area (TPSA) is 60.9 Å². The molecule has 1 aromatic heterocycles. The number of rotatable bonds is 6. The summed E-state index contributed by atoms with van der Waals surface area (Å²) >= 11 is 0. The summed E-state index contributed by atoms with van der Waals surface area (Å²) in [5.74, 6) is 0.0368. The second kappa shape index (κ2) is 5.80. The van der Waals surface area contributed by atoms with Gasteiger partial charge >= 0.3 is 0 Å². The summed E-state index contributed by atoms with van der Waals surface area (Å²) in [5.41, 5.74) is 6.33. The molecule has 0 radical (unpaired) electrons. The number of aromatic nitrogens is 2. The molecule has 0 fully saturated rings. The first-order valence-electron chi connectivity index (χ1n) is 5.90. The summed E-state index contributed by atoms with van der Waals surface area (Å²) < 4.78 is 1.95. The largest absolute Gasteiger partial charge is 0.322 e. The Bertz CT molecular complexity index is 340. The molecular formula is C12H21N3O. The normalized spacial score (nSPS) is 13.1. The zero-order valence-corrected chi connectivity index (χ0v) is 10.3. The molecule has 2 N–H and O–H groups in total. The Hall–Kier alpha value is -1.16. The highest BCUT2D eigenvalue weighted by Crippen LogP contribution is 2.14. The van der Waals surface area contributed by atoms with Crippen molar-refractivity contribution in [3.8, 4) is 0 Å². The van der Waals surface area contributed by atoms with Gasteiger partial charge in [0.15, 0.2) is 5.78 Å². The first-order valence-corrected chi connectivity index (χ1v) is 5.90. The lowest BCUT2D eigenvalue weighted by Gasteiger charge is -2.12. The van der Waals surface area contributed by atoms with Crippen molar-refractivity contribution < 1.29 is 4.79 Å². The van der Waals surface area contributed by atoms with Gasteiger partial charge in [0.1, 0.15) is 0 Å². The molecule has 0 aliphatic carbocycles. The molecule has 0 aliphatic heterocycles. The van der Waals surface area contributed by atoms with Crippen molar-refractivity contribution in [2.24, 2.45) is 5.73 Å². The van der Waals surface area contributed by atoms with Gasteiger partial charge in [-0.3, -0.25) is 9.48 Å². The van der Waals surface area contributed by atoms with Gasteiger partial charge in [0.25, 0.3) is 0 Å². The van der Waals surface area contributed by atoms with Gasteiger partial charge in [-0.2, -0.15) is 5.10 Å². The van der Waals surface area contributed by atoms with Gasteiger partial charge in [-0.05, 0) is 25.8 Å². The third-order valence-electron chi connectivity index (χ3n) is 2.84. The van der Waals surface area contributed by atoms with Gasteiger partial charge in [-0.1, -0.05) is 13.8 Å². The molecule has 0 saturated heterocycles. The van der Waals surface area contributed by atoms with E-state index in [1.165, 1.54) is 0 Å². The predicted octanol–water partition coefficient (Wildman–Crippen LogP) is 1.70. The van der Waals surface area contributed by atoms with E-state index in [0.717, 1.165) is 18.5 Å². The van der Waals surface area contributed by atoms with Crippen molar-refractivity contribution >= 4 is 5.78 Å². The van der Waals surface area contributed by atoms with Crippen LogP contribution in [0.3, 0.4) is 0 Å². The van der Waals surface area contributed by atoms with Gasteiger partial charge in [-0.25, -0.2) is 0 Å². The summed E-state index contributed by atoms with van der Waals surface area (Å²) in [5, 5.41) is 4.41. The Morgan fingerprint density at radius 3 is 2.62 bits per heavy atom. The Kier molecular flexibility index (Phi) is 4.68. The smallest absolute Gasteiger partial charge is 0.155 e. The Morgan fingerprint density at radius 2 is 2.12 bits per heavy atom. The molecule has 0 bridgehead atoms. The summed E-state index contributed by atoms with van der Waals surface area (Å²) in [7, 11) is 0. The molecule has 4 heteroatoms. The van der Waals surface area contributed by atoms with Crippen LogP contribution in [0.25, 0.3) is 0 Å². The molecule has 1 atom stereocenters. The molecule has 90 valence electrons. The molecule has 1 heterocycles. The number of nitrogens with zero attached hydrogens (tertiary/aromatic N) is 2. The molecule has 16 heavy (non-hydrogen) atoms. The number of hydrogen-bond donors (Lipinski definition) is 1. The van der Waals surface area contributed by atoms with Crippen molar-refractivity contribution in [2.75, 3.05) is 0 Å². The van der Waals surface area contributed by atoms with Crippen molar-refractivity contribution in [3.05, 3.63) is 18.0 Å². The van der Waals surface area contributed by atoms with Crippen molar-refractivity contribution in [1.29, 1.82) is 0 Å². The number of carbonyl (C=O) groups is 1. The fourth-order valence-corrected chi connectivity index (χ4v) is 1.68. The van der Waals surface area contributed by atoms with Crippen LogP contribution in [0.15, 0.2) is 12.3 Å². The van der Waals surface area contributed by atoms with Gasteiger partial charge in [0.05, 0.1) is 24.2 Å². The Labute approximate surface area is 96.8 Å². The van der Waals surface area contributed by atoms with Crippen LogP contribution in [0.5, 0.6) is 0 Å². The van der Waals surface area contributed by atoms with E-state index >= 15 is 0 Å². The van der Waals surface area contributed by atoms with Crippen LogP contribution in [0.4, 0.5) is 0 Å². The molecule has 0 amide bonds. The maximum atomic E-state index is 11.5. The lowest BCUT2D eigenvalue weighted by atomic mass is 10.1. The van der Waals surface area contributed by atoms with Crippen LogP contribution in [0.1, 0.15) is 45.3 Å². The average Bonchev–Trinajstić information content (AvgIpc) is 2.68. The van der Waals surface area contributed by atoms with E-state index in [4.69, 9.17) is 5.73 Å². The third kappa shape index (κ3) is 3.17. The molecule has 1 aromatic rings. The monoisotopic (exact) mass is 223 g/mol. The molecule has 0 saturated carbocycles. The van der Waals surface area contributed by atoms with Crippen molar-refractivity contribution in [3.63, 3.8) is 0 Å². The molecular weight excluding hydrogens is 202 g/mol. The molecule has 4 nitrogen and oxygen atoms in total. The maximum Gasteiger partial charge on any atom is 0.155 e. The summed E-state index contributed by atoms with van der Waals surface area (Å²) in [6, 6.07) is 1.93. The van der Waals surface area contributed by atoms with E-state index < -0.39 is 6.04 Å². The molecule has 0 aliphatic rings. The second-order valence-electron chi connectivity index (χ2n) is 4.19. The lowest BCUT2D eigenvalue weighted by Crippen LogP contribution is -2.28. The quantitative estimate of drug-likeness (QED) is 0.798. The van der Waals surface area contributed by atoms with Crippen LogP contribution >= 0.6 is 0 Å². The fourth-order valence-electron chi connectivity index (χ4n) is 1.68. The minimum absolute atomic E-state index is 0.0368. The highest BCUT2D eigenvalue weighted by Gasteiger charge is 2.12. The minimum Gasteiger partial charge on any atom is -0.322 e. The van der Waals surface area contributed by atoms with Gasteiger partial charge in [-0.15, -0.1) is 0 Å². The summed E-state index contributed by atoms with van der Waals surface area (Å²) in [4.78, 5) is 11.5. The first kappa shape index (κ1) is 12.9. The number of nitrogens with two attached hydrogens (primary N) is 1. The summed E-state index contributed by atoms with van der Waals surface area (Å²) in [6.45, 7) is 5.99. The van der Waals surface area contributed by atoms with E-state index in [9.17, 15) is 4.79 Å². The molecule has 0 aromatic carbocycles. The van der Waals surface area contributed by atoms with Crippen LogP contribution in [-0.4, -0.2) is 21.6 Å². The van der Waals surface area contributed by atoms with E-state index in [1.54, 1.807) is 6.92 Å². The second-order valence-corrected chi connectivity index (χ2v) is 4.19. The average molecular weight is 223 g/mol. The lowest BCUT2D eigenvalue weighted by molar-refractivity contribution is -0.119. The number of hydrogen-bond acceptors (Lipinski definition) is 3. The predicted molar refractivity (Wildman–Crippen MR) is 64.2 cm³/mol. The fraction of sp³-hybridized carbons (Fsp3) is 0.667. The zero-order chi connectivity index (χ0) is 12.1. The standard InChI is InChI=1S/C12H21N3O/c1-4-11(5-2)15-7-6-10(14-15)8-12(16)9(3)13/h6-7,9,11H,4-5,8,13H2,1-3H3. The van der Waals surface area contributed by atoms with E-state index in [2.05, 4.69) is 18.9 Å². The highest BCUT2D eigenvalue weighted by molar-refractivity contribution is 5.85. The van der Waals surface area contributed by atoms with Crippen LogP contribution in [-0.2, 0) is 11.2 Å². The number of ketones is 1. The molecule has 0 spiro atoms. The van der Waals surface area contributed by atoms with Crippen molar-refractivity contribution in [2.45, 2.75) is 52.1 Å². The number of Topliss-reactive ketones (excluding diaryl/α,β-unsaturated/α-hetero) is 1. The van der Waals surface area contributed by atoms with Crippen LogP contribution in [0.2, 0.25) is 0 Å². The van der Waals surface area contributed by atoms with E-state index in [0.29, 0.717) is 12.5 Å². The Morgan fingerprint density at radius 1 is 1.50 bits per heavy atom. The zero-order valence-electron chi connectivity index (χ0n) is 10.3. The Balaban J connectivity index is 2.68.